The maximum Gasteiger partial charge on any atom is 0.325 e. The third kappa shape index (κ3) is 3.06. The van der Waals surface area contributed by atoms with Gasteiger partial charge in [-0.1, -0.05) is 6.92 Å². The molecule has 0 radical (unpaired) electrons. The molecular weight excluding hydrogens is 266 g/mol. The van der Waals surface area contributed by atoms with Gasteiger partial charge in [0, 0.05) is 13.6 Å². The number of hydrogen-bond donors (Lipinski definition) is 2. The molecule has 1 fully saturated rings. The lowest BCUT2D eigenvalue weighted by molar-refractivity contribution is -0.142. The van der Waals surface area contributed by atoms with Crippen molar-refractivity contribution in [2.75, 3.05) is 20.1 Å². The number of nitrogens with zero attached hydrogens (tertiary/aromatic N) is 2. The van der Waals surface area contributed by atoms with E-state index in [1.165, 1.54) is 18.9 Å². The molecule has 1 aliphatic heterocycles. The molecule has 1 heterocycles. The molecule has 4 amide bonds. The van der Waals surface area contributed by atoms with Crippen LogP contribution in [0.15, 0.2) is 0 Å². The van der Waals surface area contributed by atoms with Crippen LogP contribution < -0.4 is 5.32 Å². The fraction of sp³-hybridized carbons (Fsp3) is 0.667. The third-order valence-corrected chi connectivity index (χ3v) is 3.38. The van der Waals surface area contributed by atoms with Crippen LogP contribution in [0.4, 0.5) is 4.79 Å². The average Bonchev–Trinajstić information content (AvgIpc) is 2.51. The molecule has 0 aliphatic carbocycles. The van der Waals surface area contributed by atoms with E-state index in [4.69, 9.17) is 5.11 Å². The molecule has 0 saturated carbocycles. The number of aliphatic carboxylic acids is 1. The Morgan fingerprint density at radius 3 is 2.35 bits per heavy atom. The number of nitrogens with one attached hydrogen (secondary N) is 1. The summed E-state index contributed by atoms with van der Waals surface area (Å²) in [7, 11) is 1.46. The number of carboxylic acids is 1. The Kier molecular flexibility index (Phi) is 4.36. The summed E-state index contributed by atoms with van der Waals surface area (Å²) in [5.74, 6) is -2.59. The molecule has 0 bridgehead atoms. The van der Waals surface area contributed by atoms with Crippen molar-refractivity contribution in [1.29, 1.82) is 0 Å². The molecule has 8 heteroatoms. The van der Waals surface area contributed by atoms with Gasteiger partial charge in [-0.15, -0.1) is 0 Å². The summed E-state index contributed by atoms with van der Waals surface area (Å²) in [4.78, 5) is 48.3. The number of urea groups is 1. The normalized spacial score (nSPS) is 18.7. The standard InChI is InChI=1S/C12H19N3O5/c1-7(9(17)18)5-14(4)8(16)6-15-11(20)13-10(19)12(15,2)3/h7H,5-6H2,1-4H3,(H,17,18)(H,13,19,20)/t7-/m1/s1. The van der Waals surface area contributed by atoms with Crippen LogP contribution in [0.1, 0.15) is 20.8 Å². The SMILES string of the molecule is C[C@H](CN(C)C(=O)CN1C(=O)NC(=O)C1(C)C)C(=O)O. The predicted molar refractivity (Wildman–Crippen MR) is 68.8 cm³/mol. The molecule has 112 valence electrons. The van der Waals surface area contributed by atoms with Gasteiger partial charge in [0.25, 0.3) is 5.91 Å². The van der Waals surface area contributed by atoms with Gasteiger partial charge in [0.05, 0.1) is 5.92 Å². The molecule has 0 unspecified atom stereocenters. The Morgan fingerprint density at radius 2 is 1.95 bits per heavy atom. The van der Waals surface area contributed by atoms with Crippen molar-refractivity contribution >= 4 is 23.8 Å². The van der Waals surface area contributed by atoms with Crippen LogP contribution >= 0.6 is 0 Å². The summed E-state index contributed by atoms with van der Waals surface area (Å²) in [6, 6.07) is -0.618. The Hall–Kier alpha value is -2.12. The lowest BCUT2D eigenvalue weighted by atomic mass is 10.0. The maximum absolute atomic E-state index is 12.0. The second kappa shape index (κ2) is 5.48. The van der Waals surface area contributed by atoms with Crippen LogP contribution in [0.3, 0.4) is 0 Å². The summed E-state index contributed by atoms with van der Waals surface area (Å²) in [6.45, 7) is 4.34. The first kappa shape index (κ1) is 15.9. The Bertz CT molecular complexity index is 460. The number of carboxylic acid groups (broad SMARTS) is 1. The summed E-state index contributed by atoms with van der Waals surface area (Å²) < 4.78 is 0. The van der Waals surface area contributed by atoms with Gasteiger partial charge < -0.3 is 14.9 Å². The molecule has 0 aromatic heterocycles. The largest absolute Gasteiger partial charge is 0.481 e. The van der Waals surface area contributed by atoms with E-state index in [2.05, 4.69) is 5.32 Å². The highest BCUT2D eigenvalue weighted by molar-refractivity contribution is 6.07. The quantitative estimate of drug-likeness (QED) is 0.662. The minimum atomic E-state index is -1.09. The number of carbonyl (C=O) groups excluding carboxylic acids is 3. The predicted octanol–water partition coefficient (Wildman–Crippen LogP) is -0.504. The number of carbonyl (C=O) groups is 4. The number of imide groups is 1. The van der Waals surface area contributed by atoms with Crippen LogP contribution in [0.25, 0.3) is 0 Å². The summed E-state index contributed by atoms with van der Waals surface area (Å²) in [5, 5.41) is 10.9. The van der Waals surface area contributed by atoms with E-state index in [1.54, 1.807) is 13.8 Å². The minimum Gasteiger partial charge on any atom is -0.481 e. The molecular formula is C12H19N3O5. The number of rotatable bonds is 5. The van der Waals surface area contributed by atoms with Gasteiger partial charge in [0.2, 0.25) is 5.91 Å². The van der Waals surface area contributed by atoms with Crippen molar-refractivity contribution < 1.29 is 24.3 Å². The Balaban J connectivity index is 2.69. The second-order valence-electron chi connectivity index (χ2n) is 5.42. The zero-order chi connectivity index (χ0) is 15.7. The van der Waals surface area contributed by atoms with E-state index >= 15 is 0 Å². The fourth-order valence-corrected chi connectivity index (χ4v) is 1.81. The molecule has 20 heavy (non-hydrogen) atoms. The van der Waals surface area contributed by atoms with Crippen LogP contribution in [-0.4, -0.2) is 64.4 Å². The molecule has 1 rings (SSSR count). The molecule has 1 saturated heterocycles. The first-order valence-corrected chi connectivity index (χ1v) is 6.17. The van der Waals surface area contributed by atoms with Crippen molar-refractivity contribution in [1.82, 2.24) is 15.1 Å². The van der Waals surface area contributed by atoms with E-state index in [0.29, 0.717) is 0 Å². The Labute approximate surface area is 116 Å². The van der Waals surface area contributed by atoms with Crippen molar-refractivity contribution in [2.45, 2.75) is 26.3 Å². The average molecular weight is 285 g/mol. The van der Waals surface area contributed by atoms with Crippen LogP contribution in [0.5, 0.6) is 0 Å². The molecule has 0 spiro atoms. The van der Waals surface area contributed by atoms with E-state index in [9.17, 15) is 19.2 Å². The highest BCUT2D eigenvalue weighted by Crippen LogP contribution is 2.20. The number of likely N-dealkylation sites (N-methyl/N-ethyl adjacent to an activating group) is 1. The lowest BCUT2D eigenvalue weighted by Crippen LogP contribution is -2.49. The fourth-order valence-electron chi connectivity index (χ4n) is 1.81. The first-order chi connectivity index (χ1) is 9.07. The zero-order valence-corrected chi connectivity index (χ0v) is 12.0. The van der Waals surface area contributed by atoms with Crippen molar-refractivity contribution in [3.8, 4) is 0 Å². The van der Waals surface area contributed by atoms with Crippen LogP contribution in [-0.2, 0) is 14.4 Å². The Morgan fingerprint density at radius 1 is 1.40 bits per heavy atom. The molecule has 2 N–H and O–H groups in total. The van der Waals surface area contributed by atoms with Crippen molar-refractivity contribution in [3.63, 3.8) is 0 Å². The minimum absolute atomic E-state index is 0.0397. The highest BCUT2D eigenvalue weighted by Gasteiger charge is 2.46. The maximum atomic E-state index is 12.0. The number of hydrogen-bond acceptors (Lipinski definition) is 4. The number of amides is 4. The van der Waals surface area contributed by atoms with Gasteiger partial charge in [-0.25, -0.2) is 4.79 Å². The summed E-state index contributed by atoms with van der Waals surface area (Å²) >= 11 is 0. The van der Waals surface area contributed by atoms with Crippen molar-refractivity contribution in [3.05, 3.63) is 0 Å². The van der Waals surface area contributed by atoms with Crippen molar-refractivity contribution in [2.24, 2.45) is 5.92 Å². The highest BCUT2D eigenvalue weighted by atomic mass is 16.4. The van der Waals surface area contributed by atoms with Gasteiger partial charge in [-0.3, -0.25) is 19.7 Å². The topological polar surface area (TPSA) is 107 Å². The van der Waals surface area contributed by atoms with E-state index in [1.807, 2.05) is 0 Å². The second-order valence-corrected chi connectivity index (χ2v) is 5.42. The van der Waals surface area contributed by atoms with Crippen LogP contribution in [0.2, 0.25) is 0 Å². The van der Waals surface area contributed by atoms with Gasteiger partial charge in [-0.2, -0.15) is 0 Å². The van der Waals surface area contributed by atoms with Gasteiger partial charge in [-0.05, 0) is 13.8 Å². The molecule has 0 aromatic rings. The monoisotopic (exact) mass is 285 g/mol. The van der Waals surface area contributed by atoms with Gasteiger partial charge in [0.1, 0.15) is 12.1 Å². The molecule has 1 atom stereocenters. The lowest BCUT2D eigenvalue weighted by Gasteiger charge is -2.29. The summed E-state index contributed by atoms with van der Waals surface area (Å²) in [6.07, 6.45) is 0. The van der Waals surface area contributed by atoms with Gasteiger partial charge in [0.15, 0.2) is 0 Å². The van der Waals surface area contributed by atoms with Gasteiger partial charge >= 0.3 is 12.0 Å². The molecule has 0 aromatic carbocycles. The van der Waals surface area contributed by atoms with Crippen LogP contribution in [0, 0.1) is 5.92 Å². The first-order valence-electron chi connectivity index (χ1n) is 6.17. The summed E-state index contributed by atoms with van der Waals surface area (Å²) in [5.41, 5.74) is -1.09. The molecule has 8 nitrogen and oxygen atoms in total. The molecule has 1 aliphatic rings. The zero-order valence-electron chi connectivity index (χ0n) is 12.0. The smallest absolute Gasteiger partial charge is 0.325 e. The van der Waals surface area contributed by atoms with E-state index in [-0.39, 0.29) is 13.1 Å². The van der Waals surface area contributed by atoms with E-state index in [0.717, 1.165) is 4.90 Å². The third-order valence-electron chi connectivity index (χ3n) is 3.38. The van der Waals surface area contributed by atoms with E-state index < -0.39 is 35.3 Å².